The molecule has 0 bridgehead atoms. The molecular formula is C25H28F3NO. The summed E-state index contributed by atoms with van der Waals surface area (Å²) in [7, 11) is 0. The lowest BCUT2D eigenvalue weighted by Gasteiger charge is -2.40. The van der Waals surface area contributed by atoms with Gasteiger partial charge in [-0.25, -0.2) is 0 Å². The molecule has 2 nitrogen and oxygen atoms in total. The first-order valence-corrected chi connectivity index (χ1v) is 10.7. The van der Waals surface area contributed by atoms with E-state index in [1.807, 2.05) is 6.07 Å². The smallest absolute Gasteiger partial charge is 0.385 e. The van der Waals surface area contributed by atoms with E-state index in [-0.39, 0.29) is 0 Å². The lowest BCUT2D eigenvalue weighted by Crippen LogP contribution is -2.39. The molecule has 4 rings (SSSR count). The molecule has 0 saturated heterocycles. The maximum atomic E-state index is 12.8. The number of rotatable bonds is 4. The second-order valence-corrected chi connectivity index (χ2v) is 8.67. The number of alkyl halides is 3. The Morgan fingerprint density at radius 3 is 2.40 bits per heavy atom. The molecule has 0 radical (unpaired) electrons. The molecule has 0 aromatic heterocycles. The molecular weight excluding hydrogens is 387 g/mol. The minimum absolute atomic E-state index is 0.345. The zero-order chi connectivity index (χ0) is 21.2. The van der Waals surface area contributed by atoms with E-state index in [2.05, 4.69) is 35.2 Å². The summed E-state index contributed by atoms with van der Waals surface area (Å²) >= 11 is 0. The fraction of sp³-hybridized carbons (Fsp3) is 0.440. The quantitative estimate of drug-likeness (QED) is 0.675. The molecule has 2 aliphatic rings. The van der Waals surface area contributed by atoms with Crippen LogP contribution in [0.25, 0.3) is 5.57 Å². The van der Waals surface area contributed by atoms with Crippen LogP contribution in [0.1, 0.15) is 48.8 Å². The van der Waals surface area contributed by atoms with Crippen LogP contribution in [-0.2, 0) is 11.8 Å². The van der Waals surface area contributed by atoms with Crippen LogP contribution in [0.15, 0.2) is 60.7 Å². The van der Waals surface area contributed by atoms with Crippen molar-refractivity contribution in [1.82, 2.24) is 4.90 Å². The van der Waals surface area contributed by atoms with Crippen LogP contribution in [0.5, 0.6) is 0 Å². The molecule has 1 N–H and O–H groups in total. The largest absolute Gasteiger partial charge is 0.416 e. The second-order valence-electron chi connectivity index (χ2n) is 8.67. The van der Waals surface area contributed by atoms with Crippen molar-refractivity contribution in [3.8, 4) is 0 Å². The fourth-order valence-electron chi connectivity index (χ4n) is 4.91. The Kier molecular flexibility index (Phi) is 6.03. The van der Waals surface area contributed by atoms with Crippen molar-refractivity contribution in [3.05, 3.63) is 77.4 Å². The molecule has 0 amide bonds. The van der Waals surface area contributed by atoms with Crippen molar-refractivity contribution in [2.45, 2.75) is 43.9 Å². The molecule has 1 unspecified atom stereocenters. The summed E-state index contributed by atoms with van der Waals surface area (Å²) in [6.07, 6.45) is 2.10. The molecule has 1 fully saturated rings. The molecule has 160 valence electrons. The number of hydrogen-bond donors (Lipinski definition) is 1. The van der Waals surface area contributed by atoms with Gasteiger partial charge in [-0.1, -0.05) is 48.5 Å². The second kappa shape index (κ2) is 8.56. The van der Waals surface area contributed by atoms with Gasteiger partial charge in [0.15, 0.2) is 0 Å². The molecule has 1 aliphatic carbocycles. The van der Waals surface area contributed by atoms with Gasteiger partial charge in [0.05, 0.1) is 11.2 Å². The minimum atomic E-state index is -4.35. The minimum Gasteiger partial charge on any atom is -0.385 e. The number of halogens is 3. The van der Waals surface area contributed by atoms with Gasteiger partial charge in [0.25, 0.3) is 0 Å². The molecule has 2 aromatic rings. The molecule has 30 heavy (non-hydrogen) atoms. The standard InChI is InChI=1S/C25H28F3NO/c26-25(27,28)23-10-8-22(9-11-23)24(30)14-4-5-19(17-24)18-29-15-12-21(13-16-29)20-6-2-1-3-7-20/h1-3,6-12,19,30H,4-5,13-18H2/t19-,24?/m1/s1. The predicted octanol–water partition coefficient (Wildman–Crippen LogP) is 5.87. The Morgan fingerprint density at radius 2 is 1.77 bits per heavy atom. The Morgan fingerprint density at radius 1 is 1.03 bits per heavy atom. The monoisotopic (exact) mass is 415 g/mol. The zero-order valence-corrected chi connectivity index (χ0v) is 17.0. The van der Waals surface area contributed by atoms with Gasteiger partial charge < -0.3 is 5.11 Å². The van der Waals surface area contributed by atoms with Gasteiger partial charge in [0, 0.05) is 19.6 Å². The van der Waals surface area contributed by atoms with E-state index in [0.29, 0.717) is 24.3 Å². The Labute approximate surface area is 176 Å². The Balaban J connectivity index is 1.38. The van der Waals surface area contributed by atoms with Gasteiger partial charge in [-0.3, -0.25) is 4.90 Å². The lowest BCUT2D eigenvalue weighted by atomic mass is 9.74. The van der Waals surface area contributed by atoms with Crippen molar-refractivity contribution < 1.29 is 18.3 Å². The number of aliphatic hydroxyl groups is 1. The summed E-state index contributed by atoms with van der Waals surface area (Å²) in [6, 6.07) is 15.5. The van der Waals surface area contributed by atoms with Crippen molar-refractivity contribution in [2.24, 2.45) is 5.92 Å². The first-order valence-electron chi connectivity index (χ1n) is 10.7. The summed E-state index contributed by atoms with van der Waals surface area (Å²) in [4.78, 5) is 2.43. The van der Waals surface area contributed by atoms with E-state index in [1.165, 1.54) is 23.3 Å². The average Bonchev–Trinajstić information content (AvgIpc) is 2.74. The van der Waals surface area contributed by atoms with Crippen LogP contribution in [0.2, 0.25) is 0 Å². The van der Waals surface area contributed by atoms with Crippen LogP contribution in [0.3, 0.4) is 0 Å². The van der Waals surface area contributed by atoms with E-state index in [1.54, 1.807) is 0 Å². The maximum Gasteiger partial charge on any atom is 0.416 e. The Bertz CT molecular complexity index is 876. The van der Waals surface area contributed by atoms with Crippen LogP contribution < -0.4 is 0 Å². The van der Waals surface area contributed by atoms with Crippen LogP contribution in [-0.4, -0.2) is 29.6 Å². The third-order valence-corrected chi connectivity index (χ3v) is 6.53. The van der Waals surface area contributed by atoms with Gasteiger partial charge in [-0.05, 0) is 66.9 Å². The zero-order valence-electron chi connectivity index (χ0n) is 17.0. The molecule has 1 aliphatic heterocycles. The normalized spacial score (nSPS) is 25.7. The van der Waals surface area contributed by atoms with Gasteiger partial charge in [0.1, 0.15) is 0 Å². The summed E-state index contributed by atoms with van der Waals surface area (Å²) < 4.78 is 38.5. The van der Waals surface area contributed by atoms with Gasteiger partial charge in [-0.2, -0.15) is 13.2 Å². The molecule has 2 aromatic carbocycles. The van der Waals surface area contributed by atoms with E-state index in [9.17, 15) is 18.3 Å². The highest BCUT2D eigenvalue weighted by atomic mass is 19.4. The van der Waals surface area contributed by atoms with E-state index in [4.69, 9.17) is 0 Å². The van der Waals surface area contributed by atoms with Gasteiger partial charge in [0.2, 0.25) is 0 Å². The number of benzene rings is 2. The van der Waals surface area contributed by atoms with Crippen molar-refractivity contribution in [3.63, 3.8) is 0 Å². The first-order chi connectivity index (χ1) is 14.3. The highest BCUT2D eigenvalue weighted by Gasteiger charge is 2.37. The lowest BCUT2D eigenvalue weighted by molar-refractivity contribution is -0.137. The summed E-state index contributed by atoms with van der Waals surface area (Å²) in [6.45, 7) is 2.82. The predicted molar refractivity (Wildman–Crippen MR) is 113 cm³/mol. The highest BCUT2D eigenvalue weighted by Crippen LogP contribution is 2.41. The molecule has 5 heteroatoms. The van der Waals surface area contributed by atoms with E-state index in [0.717, 1.165) is 51.0 Å². The van der Waals surface area contributed by atoms with Crippen LogP contribution in [0, 0.1) is 5.92 Å². The topological polar surface area (TPSA) is 23.5 Å². The fourth-order valence-corrected chi connectivity index (χ4v) is 4.91. The van der Waals surface area contributed by atoms with Gasteiger partial charge >= 0.3 is 6.18 Å². The third-order valence-electron chi connectivity index (χ3n) is 6.53. The maximum absolute atomic E-state index is 12.8. The molecule has 0 spiro atoms. The average molecular weight is 415 g/mol. The summed E-state index contributed by atoms with van der Waals surface area (Å²) in [5.41, 5.74) is 1.57. The summed E-state index contributed by atoms with van der Waals surface area (Å²) in [5.74, 6) is 0.345. The third kappa shape index (κ3) is 4.79. The summed E-state index contributed by atoms with van der Waals surface area (Å²) in [5, 5.41) is 11.2. The van der Waals surface area contributed by atoms with E-state index >= 15 is 0 Å². The molecule has 1 saturated carbocycles. The van der Waals surface area contributed by atoms with E-state index < -0.39 is 17.3 Å². The molecule has 1 heterocycles. The van der Waals surface area contributed by atoms with Crippen molar-refractivity contribution >= 4 is 5.57 Å². The number of nitrogens with zero attached hydrogens (tertiary/aromatic N) is 1. The van der Waals surface area contributed by atoms with Crippen molar-refractivity contribution in [2.75, 3.05) is 19.6 Å². The van der Waals surface area contributed by atoms with Crippen LogP contribution >= 0.6 is 0 Å². The van der Waals surface area contributed by atoms with Gasteiger partial charge in [-0.15, -0.1) is 0 Å². The van der Waals surface area contributed by atoms with Crippen LogP contribution in [0.4, 0.5) is 13.2 Å². The SMILES string of the molecule is OC1(c2ccc(C(F)(F)F)cc2)CCC[C@@H](CN2CC=C(c3ccccc3)CC2)C1. The first kappa shape index (κ1) is 21.1. The Hall–Kier alpha value is -2.11. The number of hydrogen-bond acceptors (Lipinski definition) is 2. The molecule has 2 atom stereocenters. The highest BCUT2D eigenvalue weighted by molar-refractivity contribution is 5.66. The van der Waals surface area contributed by atoms with Crippen molar-refractivity contribution in [1.29, 1.82) is 0 Å².